The van der Waals surface area contributed by atoms with Crippen molar-refractivity contribution in [1.29, 1.82) is 0 Å². The van der Waals surface area contributed by atoms with Crippen LogP contribution in [0.4, 0.5) is 4.79 Å². The standard InChI is InChI=1S/C45H82N2O6/c1-5-7-9-11-13-21-27-33-51-43(48)31-25-19-15-17-23-29-40(39-53-45(50)46-37-41-35-42(36-41)38-47(3)4)30-24-18-16-20-26-32-44(49)52-34-28-22-14-12-10-8-6-2/h21-22,27-28,40-42H,5-20,23-26,29-39H2,1-4H3,(H,46,50)/b27-21-,28-22-. The average molecular weight is 747 g/mol. The molecule has 8 nitrogen and oxygen atoms in total. The first kappa shape index (κ1) is 48.7. The molecule has 1 saturated carbocycles. The number of ether oxygens (including phenoxy) is 3. The molecule has 0 spiro atoms. The van der Waals surface area contributed by atoms with Gasteiger partial charge in [0.05, 0.1) is 6.61 Å². The molecule has 0 aromatic carbocycles. The zero-order valence-corrected chi connectivity index (χ0v) is 34.9. The third-order valence-electron chi connectivity index (χ3n) is 10.4. The summed E-state index contributed by atoms with van der Waals surface area (Å²) < 4.78 is 16.4. The van der Waals surface area contributed by atoms with Gasteiger partial charge in [-0.05, 0) is 96.1 Å². The third kappa shape index (κ3) is 31.7. The summed E-state index contributed by atoms with van der Waals surface area (Å²) in [6, 6.07) is 0. The Labute approximate surface area is 326 Å². The van der Waals surface area contributed by atoms with Gasteiger partial charge in [0.2, 0.25) is 0 Å². The number of unbranched alkanes of at least 4 members (excludes halogenated alkanes) is 16. The van der Waals surface area contributed by atoms with Gasteiger partial charge in [-0.15, -0.1) is 0 Å². The van der Waals surface area contributed by atoms with Gasteiger partial charge in [-0.3, -0.25) is 9.59 Å². The van der Waals surface area contributed by atoms with Gasteiger partial charge in [0.25, 0.3) is 0 Å². The Morgan fingerprint density at radius 1 is 0.604 bits per heavy atom. The molecule has 1 N–H and O–H groups in total. The average Bonchev–Trinajstić information content (AvgIpc) is 3.12. The predicted molar refractivity (Wildman–Crippen MR) is 220 cm³/mol. The van der Waals surface area contributed by atoms with E-state index in [-0.39, 0.29) is 18.0 Å². The summed E-state index contributed by atoms with van der Waals surface area (Å²) in [5.41, 5.74) is 0. The second-order valence-electron chi connectivity index (χ2n) is 15.9. The summed E-state index contributed by atoms with van der Waals surface area (Å²) in [6.45, 7) is 7.51. The molecule has 1 amide bonds. The van der Waals surface area contributed by atoms with Crippen LogP contribution in [0.15, 0.2) is 24.3 Å². The summed E-state index contributed by atoms with van der Waals surface area (Å²) in [5, 5.41) is 3.01. The molecule has 1 rings (SSSR count). The lowest BCUT2D eigenvalue weighted by Gasteiger charge is -2.36. The Hall–Kier alpha value is -2.35. The lowest BCUT2D eigenvalue weighted by atomic mass is 9.74. The molecule has 0 radical (unpaired) electrons. The van der Waals surface area contributed by atoms with Crippen LogP contribution in [-0.2, 0) is 23.8 Å². The fourth-order valence-electron chi connectivity index (χ4n) is 7.13. The van der Waals surface area contributed by atoms with Crippen LogP contribution in [0.3, 0.4) is 0 Å². The van der Waals surface area contributed by atoms with Crippen molar-refractivity contribution in [3.8, 4) is 0 Å². The number of carbonyl (C=O) groups excluding carboxylic acids is 3. The van der Waals surface area contributed by atoms with E-state index < -0.39 is 0 Å². The van der Waals surface area contributed by atoms with E-state index in [1.54, 1.807) is 0 Å². The fraction of sp³-hybridized carbons (Fsp3) is 0.844. The van der Waals surface area contributed by atoms with Gasteiger partial charge in [0, 0.05) is 25.9 Å². The highest BCUT2D eigenvalue weighted by molar-refractivity contribution is 5.69. The van der Waals surface area contributed by atoms with Crippen LogP contribution in [0.25, 0.3) is 0 Å². The Kier molecular flexibility index (Phi) is 32.5. The largest absolute Gasteiger partial charge is 0.461 e. The number of nitrogens with one attached hydrogen (secondary N) is 1. The molecule has 0 heterocycles. The summed E-state index contributed by atoms with van der Waals surface area (Å²) in [5.74, 6) is 1.47. The third-order valence-corrected chi connectivity index (χ3v) is 10.4. The van der Waals surface area contributed by atoms with E-state index in [1.165, 1.54) is 64.2 Å². The minimum Gasteiger partial charge on any atom is -0.461 e. The summed E-state index contributed by atoms with van der Waals surface area (Å²) >= 11 is 0. The van der Waals surface area contributed by atoms with Gasteiger partial charge in [0.15, 0.2) is 0 Å². The Balaban J connectivity index is 2.24. The van der Waals surface area contributed by atoms with E-state index in [0.29, 0.717) is 51.0 Å². The van der Waals surface area contributed by atoms with Crippen molar-refractivity contribution in [1.82, 2.24) is 10.2 Å². The molecule has 53 heavy (non-hydrogen) atoms. The van der Waals surface area contributed by atoms with Crippen LogP contribution < -0.4 is 5.32 Å². The van der Waals surface area contributed by atoms with Crippen molar-refractivity contribution in [2.75, 3.05) is 47.0 Å². The molecule has 0 atom stereocenters. The first-order valence-corrected chi connectivity index (χ1v) is 22.0. The maximum absolute atomic E-state index is 12.5. The minimum atomic E-state index is -0.283. The smallest absolute Gasteiger partial charge is 0.407 e. The minimum absolute atomic E-state index is 0.0991. The number of hydrogen-bond acceptors (Lipinski definition) is 7. The molecule has 0 saturated heterocycles. The molecule has 1 aliphatic rings. The van der Waals surface area contributed by atoms with E-state index in [2.05, 4.69) is 50.3 Å². The normalized spacial score (nSPS) is 15.7. The van der Waals surface area contributed by atoms with Gasteiger partial charge in [-0.1, -0.05) is 128 Å². The molecule has 0 aliphatic heterocycles. The lowest BCUT2D eigenvalue weighted by molar-refractivity contribution is -0.143. The van der Waals surface area contributed by atoms with Crippen LogP contribution in [0, 0.1) is 17.8 Å². The highest BCUT2D eigenvalue weighted by Gasteiger charge is 2.29. The molecule has 308 valence electrons. The summed E-state index contributed by atoms with van der Waals surface area (Å²) in [4.78, 5) is 38.9. The van der Waals surface area contributed by atoms with Gasteiger partial charge in [0.1, 0.15) is 13.2 Å². The zero-order valence-electron chi connectivity index (χ0n) is 34.9. The van der Waals surface area contributed by atoms with Gasteiger partial charge >= 0.3 is 18.0 Å². The monoisotopic (exact) mass is 747 g/mol. The van der Waals surface area contributed by atoms with Gasteiger partial charge in [-0.2, -0.15) is 0 Å². The molecule has 0 aromatic heterocycles. The number of hydrogen-bond donors (Lipinski definition) is 1. The van der Waals surface area contributed by atoms with E-state index in [1.807, 2.05) is 12.2 Å². The van der Waals surface area contributed by atoms with Crippen LogP contribution in [0.1, 0.15) is 181 Å². The fourth-order valence-corrected chi connectivity index (χ4v) is 7.13. The summed E-state index contributed by atoms with van der Waals surface area (Å²) in [7, 11) is 4.23. The first-order valence-electron chi connectivity index (χ1n) is 22.0. The molecule has 1 aliphatic carbocycles. The molecule has 1 fully saturated rings. The first-order chi connectivity index (χ1) is 25.8. The lowest BCUT2D eigenvalue weighted by Crippen LogP contribution is -2.39. The number of nitrogens with zero attached hydrogens (tertiary/aromatic N) is 1. The van der Waals surface area contributed by atoms with E-state index in [9.17, 15) is 14.4 Å². The Morgan fingerprint density at radius 2 is 1.08 bits per heavy atom. The van der Waals surface area contributed by atoms with Crippen molar-refractivity contribution in [2.45, 2.75) is 181 Å². The maximum atomic E-state index is 12.5. The van der Waals surface area contributed by atoms with E-state index in [0.717, 1.165) is 102 Å². The van der Waals surface area contributed by atoms with Crippen LogP contribution >= 0.6 is 0 Å². The van der Waals surface area contributed by atoms with Crippen molar-refractivity contribution in [2.24, 2.45) is 17.8 Å². The number of carbonyl (C=O) groups is 3. The molecule has 8 heteroatoms. The second-order valence-corrected chi connectivity index (χ2v) is 15.9. The van der Waals surface area contributed by atoms with Gasteiger partial charge in [-0.25, -0.2) is 4.79 Å². The van der Waals surface area contributed by atoms with E-state index >= 15 is 0 Å². The van der Waals surface area contributed by atoms with Crippen molar-refractivity contribution >= 4 is 18.0 Å². The molecule has 0 unspecified atom stereocenters. The highest BCUT2D eigenvalue weighted by Crippen LogP contribution is 2.33. The molecular formula is C45H82N2O6. The quantitative estimate of drug-likeness (QED) is 0.0295. The van der Waals surface area contributed by atoms with Crippen LogP contribution in [-0.4, -0.2) is 69.9 Å². The molecular weight excluding hydrogens is 665 g/mol. The SMILES string of the molecule is CCCCCC/C=C\COC(=O)CCCCCCCC(CCCCCCCC(=O)OC/C=C\CCCCCC)COC(=O)NCC1CC(CN(C)C)C1. The van der Waals surface area contributed by atoms with Crippen LogP contribution in [0.2, 0.25) is 0 Å². The highest BCUT2D eigenvalue weighted by atomic mass is 16.5. The maximum Gasteiger partial charge on any atom is 0.407 e. The van der Waals surface area contributed by atoms with Gasteiger partial charge < -0.3 is 24.4 Å². The topological polar surface area (TPSA) is 94.2 Å². The predicted octanol–water partition coefficient (Wildman–Crippen LogP) is 11.5. The number of rotatable bonds is 36. The molecule has 0 aromatic rings. The zero-order chi connectivity index (χ0) is 38.6. The Morgan fingerprint density at radius 3 is 1.57 bits per heavy atom. The number of alkyl carbamates (subject to hydrolysis) is 1. The van der Waals surface area contributed by atoms with Crippen molar-refractivity contribution in [3.05, 3.63) is 24.3 Å². The number of amides is 1. The van der Waals surface area contributed by atoms with Crippen molar-refractivity contribution < 1.29 is 28.6 Å². The molecule has 0 bridgehead atoms. The van der Waals surface area contributed by atoms with E-state index in [4.69, 9.17) is 14.2 Å². The summed E-state index contributed by atoms with van der Waals surface area (Å²) in [6.07, 6.45) is 36.0. The second kappa shape index (κ2) is 35.4. The number of esters is 2. The number of allylic oxidation sites excluding steroid dienone is 2. The van der Waals surface area contributed by atoms with Crippen LogP contribution in [0.5, 0.6) is 0 Å². The van der Waals surface area contributed by atoms with Crippen molar-refractivity contribution in [3.63, 3.8) is 0 Å². The Bertz CT molecular complexity index is 893.